The largest absolute Gasteiger partial charge is 0.335 e. The lowest BCUT2D eigenvalue weighted by atomic mass is 10.0. The van der Waals surface area contributed by atoms with E-state index in [0.29, 0.717) is 11.8 Å². The van der Waals surface area contributed by atoms with Gasteiger partial charge in [-0.25, -0.2) is 0 Å². The molecule has 150 valence electrons. The molecule has 0 N–H and O–H groups in total. The van der Waals surface area contributed by atoms with E-state index in [1.54, 1.807) is 6.20 Å². The van der Waals surface area contributed by atoms with E-state index in [2.05, 4.69) is 41.3 Å². The van der Waals surface area contributed by atoms with Crippen LogP contribution in [-0.4, -0.2) is 58.2 Å². The fourth-order valence-corrected chi connectivity index (χ4v) is 5.08. The van der Waals surface area contributed by atoms with Crippen LogP contribution in [0.25, 0.3) is 10.9 Å². The van der Waals surface area contributed by atoms with Crippen LogP contribution in [0.5, 0.6) is 0 Å². The number of benzene rings is 1. The lowest BCUT2D eigenvalue weighted by Crippen LogP contribution is -2.58. The normalized spacial score (nSPS) is 26.0. The molecule has 5 heteroatoms. The zero-order valence-corrected chi connectivity index (χ0v) is 17.9. The van der Waals surface area contributed by atoms with Crippen LogP contribution in [0, 0.1) is 11.8 Å². The third-order valence-electron chi connectivity index (χ3n) is 6.57. The molecule has 2 heterocycles. The second kappa shape index (κ2) is 8.03. The number of pyridine rings is 1. The Morgan fingerprint density at radius 1 is 1.32 bits per heavy atom. The molecule has 2 fully saturated rings. The van der Waals surface area contributed by atoms with Crippen LogP contribution >= 0.6 is 12.6 Å². The molecule has 1 spiro atoms. The van der Waals surface area contributed by atoms with Crippen molar-refractivity contribution >= 4 is 29.4 Å². The third-order valence-corrected chi connectivity index (χ3v) is 7.19. The second-order valence-corrected chi connectivity index (χ2v) is 9.00. The molecule has 1 amide bonds. The summed E-state index contributed by atoms with van der Waals surface area (Å²) in [5.41, 5.74) is 1.73. The molecule has 1 aliphatic heterocycles. The molecule has 1 aliphatic carbocycles. The molecule has 28 heavy (non-hydrogen) atoms. The Labute approximate surface area is 173 Å². The summed E-state index contributed by atoms with van der Waals surface area (Å²) < 4.78 is 0. The topological polar surface area (TPSA) is 36.4 Å². The molecular weight excluding hydrogens is 366 g/mol. The first-order valence-electron chi connectivity index (χ1n) is 10.6. The first-order valence-corrected chi connectivity index (χ1v) is 11.2. The molecule has 3 atom stereocenters. The summed E-state index contributed by atoms with van der Waals surface area (Å²) in [5, 5.41) is 1.03. The molecule has 4 nitrogen and oxygen atoms in total. The average Bonchev–Trinajstić information content (AvgIpc) is 3.41. The molecule has 1 saturated heterocycles. The number of aromatic nitrogens is 1. The molecule has 3 unspecified atom stereocenters. The highest BCUT2D eigenvalue weighted by Gasteiger charge is 2.59. The first kappa shape index (κ1) is 19.7. The Balaban J connectivity index is 1.57. The van der Waals surface area contributed by atoms with Gasteiger partial charge in [-0.15, -0.1) is 0 Å². The van der Waals surface area contributed by atoms with E-state index in [-0.39, 0.29) is 11.4 Å². The van der Waals surface area contributed by atoms with E-state index in [4.69, 9.17) is 0 Å². The van der Waals surface area contributed by atoms with Crippen LogP contribution in [0.4, 0.5) is 0 Å². The van der Waals surface area contributed by atoms with Crippen LogP contribution in [0.15, 0.2) is 36.5 Å². The smallest absolute Gasteiger partial charge is 0.256 e. The molecule has 0 bridgehead atoms. The van der Waals surface area contributed by atoms with Crippen molar-refractivity contribution in [3.8, 4) is 0 Å². The van der Waals surface area contributed by atoms with E-state index in [0.717, 1.165) is 48.4 Å². The van der Waals surface area contributed by atoms with Crippen LogP contribution in [0.2, 0.25) is 0 Å². The molecule has 4 rings (SSSR count). The van der Waals surface area contributed by atoms with Gasteiger partial charge in [-0.3, -0.25) is 14.7 Å². The van der Waals surface area contributed by atoms with Crippen LogP contribution in [0.1, 0.15) is 43.5 Å². The van der Waals surface area contributed by atoms with Crippen LogP contribution in [0.3, 0.4) is 0 Å². The number of thiol groups is 1. The van der Waals surface area contributed by atoms with E-state index < -0.39 is 0 Å². The highest BCUT2D eigenvalue weighted by Crippen LogP contribution is 2.53. The summed E-state index contributed by atoms with van der Waals surface area (Å²) in [5.74, 6) is 2.33. The Kier molecular flexibility index (Phi) is 5.66. The van der Waals surface area contributed by atoms with Gasteiger partial charge >= 0.3 is 0 Å². The number of hydrogen-bond donors (Lipinski definition) is 1. The van der Waals surface area contributed by atoms with E-state index in [1.807, 2.05) is 30.3 Å². The molecule has 0 radical (unpaired) electrons. The standard InChI is InChI=1S/C23H31N3OS/c1-3-6-19-13-23(19)16-25(11-12-26(23)14-17(2)15-28)22(27)20-9-4-7-18-8-5-10-24-21(18)20/h4-5,7-10,17,19,28H,3,6,11-16H2,1-2H3. The maximum atomic E-state index is 13.4. The summed E-state index contributed by atoms with van der Waals surface area (Å²) in [7, 11) is 0. The monoisotopic (exact) mass is 397 g/mol. The first-order chi connectivity index (χ1) is 13.6. The minimum atomic E-state index is 0.132. The number of piperazine rings is 1. The van der Waals surface area contributed by atoms with Gasteiger partial charge < -0.3 is 4.90 Å². The molecular formula is C23H31N3OS. The van der Waals surface area contributed by atoms with Crippen molar-refractivity contribution in [3.05, 3.63) is 42.1 Å². The zero-order valence-electron chi connectivity index (χ0n) is 17.0. The lowest BCUT2D eigenvalue weighted by molar-refractivity contribution is 0.0321. The predicted octanol–water partition coefficient (Wildman–Crippen LogP) is 4.12. The summed E-state index contributed by atoms with van der Waals surface area (Å²) in [6.07, 6.45) is 5.46. The van der Waals surface area contributed by atoms with Gasteiger partial charge in [0.15, 0.2) is 0 Å². The van der Waals surface area contributed by atoms with Crippen molar-refractivity contribution in [2.45, 2.75) is 38.6 Å². The Hall–Kier alpha value is -1.59. The maximum Gasteiger partial charge on any atom is 0.256 e. The van der Waals surface area contributed by atoms with Gasteiger partial charge in [0.05, 0.1) is 11.1 Å². The third kappa shape index (κ3) is 3.55. The van der Waals surface area contributed by atoms with E-state index in [1.165, 1.54) is 19.3 Å². The lowest BCUT2D eigenvalue weighted by Gasteiger charge is -2.44. The van der Waals surface area contributed by atoms with Gasteiger partial charge in [-0.1, -0.05) is 38.5 Å². The summed E-state index contributed by atoms with van der Waals surface area (Å²) in [6.45, 7) is 8.22. The van der Waals surface area contributed by atoms with Crippen LogP contribution < -0.4 is 0 Å². The number of amides is 1. The molecule has 2 aliphatic rings. The molecule has 1 aromatic carbocycles. The van der Waals surface area contributed by atoms with Gasteiger partial charge in [0.2, 0.25) is 0 Å². The van der Waals surface area contributed by atoms with Crippen molar-refractivity contribution in [1.82, 2.24) is 14.8 Å². The second-order valence-electron chi connectivity index (χ2n) is 8.63. The zero-order chi connectivity index (χ0) is 19.7. The van der Waals surface area contributed by atoms with Gasteiger partial charge in [-0.2, -0.15) is 12.6 Å². The van der Waals surface area contributed by atoms with E-state index >= 15 is 0 Å². The number of rotatable bonds is 6. The van der Waals surface area contributed by atoms with Gasteiger partial charge in [0.1, 0.15) is 0 Å². The van der Waals surface area contributed by atoms with Crippen molar-refractivity contribution < 1.29 is 4.79 Å². The highest BCUT2D eigenvalue weighted by molar-refractivity contribution is 7.80. The highest BCUT2D eigenvalue weighted by atomic mass is 32.1. The van der Waals surface area contributed by atoms with Crippen molar-refractivity contribution in [2.24, 2.45) is 11.8 Å². The van der Waals surface area contributed by atoms with Crippen molar-refractivity contribution in [3.63, 3.8) is 0 Å². The summed E-state index contributed by atoms with van der Waals surface area (Å²) in [6, 6.07) is 9.86. The fraction of sp³-hybridized carbons (Fsp3) is 0.565. The van der Waals surface area contributed by atoms with Gasteiger partial charge in [0.25, 0.3) is 5.91 Å². The average molecular weight is 398 g/mol. The summed E-state index contributed by atoms with van der Waals surface area (Å²) in [4.78, 5) is 22.7. The van der Waals surface area contributed by atoms with Crippen molar-refractivity contribution in [1.29, 1.82) is 0 Å². The number of fused-ring (bicyclic) bond motifs is 1. The minimum absolute atomic E-state index is 0.132. The molecule has 1 aromatic heterocycles. The number of nitrogens with zero attached hydrogens (tertiary/aromatic N) is 3. The minimum Gasteiger partial charge on any atom is -0.335 e. The summed E-state index contributed by atoms with van der Waals surface area (Å²) >= 11 is 4.49. The van der Waals surface area contributed by atoms with Gasteiger partial charge in [-0.05, 0) is 42.6 Å². The van der Waals surface area contributed by atoms with Gasteiger partial charge in [0, 0.05) is 43.3 Å². The number of carbonyl (C=O) groups excluding carboxylic acids is 1. The Morgan fingerprint density at radius 3 is 2.93 bits per heavy atom. The predicted molar refractivity (Wildman–Crippen MR) is 118 cm³/mol. The number of para-hydroxylation sites is 1. The number of hydrogen-bond acceptors (Lipinski definition) is 4. The Bertz CT molecular complexity index is 851. The number of carbonyl (C=O) groups is 1. The Morgan fingerprint density at radius 2 is 2.14 bits per heavy atom. The molecule has 2 aromatic rings. The SMILES string of the molecule is CCCC1CC12CN(C(=O)c1cccc3cccnc13)CCN2CC(C)CS. The molecule has 1 saturated carbocycles. The maximum absolute atomic E-state index is 13.4. The van der Waals surface area contributed by atoms with Crippen molar-refractivity contribution in [2.75, 3.05) is 31.9 Å². The fourth-order valence-electron chi connectivity index (χ4n) is 4.97. The van der Waals surface area contributed by atoms with E-state index in [9.17, 15) is 4.79 Å². The van der Waals surface area contributed by atoms with Crippen LogP contribution in [-0.2, 0) is 0 Å². The quantitative estimate of drug-likeness (QED) is 0.745.